The Kier molecular flexibility index (Phi) is 7.06. The zero-order valence-corrected chi connectivity index (χ0v) is 22.2. The van der Waals surface area contributed by atoms with Crippen molar-refractivity contribution in [3.8, 4) is 22.8 Å². The van der Waals surface area contributed by atoms with Gasteiger partial charge in [-0.25, -0.2) is 4.98 Å². The second kappa shape index (κ2) is 10.3. The third-order valence-corrected chi connectivity index (χ3v) is 6.66. The van der Waals surface area contributed by atoms with Crippen LogP contribution in [0.1, 0.15) is 50.3 Å². The Labute approximate surface area is 218 Å². The molecule has 1 aliphatic heterocycles. The average molecular weight is 501 g/mol. The number of aromatic nitrogens is 2. The predicted octanol–water partition coefficient (Wildman–Crippen LogP) is 5.79. The Morgan fingerprint density at radius 1 is 1.11 bits per heavy atom. The van der Waals surface area contributed by atoms with Crippen LogP contribution < -0.4 is 9.47 Å². The molecule has 0 bridgehead atoms. The maximum atomic E-state index is 9.84. The standard InChI is InChI=1S/C27H26N2O3.C4H10O/c1-16-14-22-20(5-7-24(29-22)32-15-17-2-3-17)26(19(16)9-12-30)21-4-6-23-25-18(10-13-31-23)8-11-28-27(21)25;1-4(2,3)5/h4-8,11,14,17,30H,2-3,9-10,12-13,15H2,1H3;5H,1-3H3. The van der Waals surface area contributed by atoms with Gasteiger partial charge in [-0.15, -0.1) is 0 Å². The lowest BCUT2D eigenvalue weighted by atomic mass is 9.88. The summed E-state index contributed by atoms with van der Waals surface area (Å²) in [7, 11) is 0. The van der Waals surface area contributed by atoms with Crippen LogP contribution in [0.5, 0.6) is 11.6 Å². The number of aliphatic hydroxyl groups excluding tert-OH is 1. The Hall–Kier alpha value is -3.22. The Bertz CT molecular complexity index is 1420. The third kappa shape index (κ3) is 5.71. The van der Waals surface area contributed by atoms with E-state index in [2.05, 4.69) is 37.3 Å². The fourth-order valence-corrected chi connectivity index (χ4v) is 4.84. The maximum Gasteiger partial charge on any atom is 0.213 e. The monoisotopic (exact) mass is 500 g/mol. The molecule has 194 valence electrons. The lowest BCUT2D eigenvalue weighted by Gasteiger charge is -2.22. The number of hydrogen-bond donors (Lipinski definition) is 2. The first-order valence-electron chi connectivity index (χ1n) is 13.2. The summed E-state index contributed by atoms with van der Waals surface area (Å²) in [5.41, 5.74) is 7.02. The molecule has 1 aliphatic carbocycles. The molecule has 2 aromatic carbocycles. The second-order valence-electron chi connectivity index (χ2n) is 11.1. The van der Waals surface area contributed by atoms with E-state index in [1.807, 2.05) is 12.3 Å². The number of nitrogens with zero attached hydrogens (tertiary/aromatic N) is 2. The molecule has 0 atom stereocenters. The summed E-state index contributed by atoms with van der Waals surface area (Å²) in [5.74, 6) is 2.25. The molecule has 2 N–H and O–H groups in total. The molecule has 2 aliphatic rings. The van der Waals surface area contributed by atoms with Gasteiger partial charge in [0.15, 0.2) is 0 Å². The molecule has 2 aromatic heterocycles. The minimum absolute atomic E-state index is 0.0904. The minimum Gasteiger partial charge on any atom is -0.493 e. The molecule has 6 heteroatoms. The number of ether oxygens (including phenoxy) is 2. The Morgan fingerprint density at radius 3 is 2.62 bits per heavy atom. The van der Waals surface area contributed by atoms with E-state index in [1.54, 1.807) is 20.8 Å². The summed E-state index contributed by atoms with van der Waals surface area (Å²) >= 11 is 0. The van der Waals surface area contributed by atoms with Gasteiger partial charge in [-0.3, -0.25) is 4.98 Å². The quantitative estimate of drug-likeness (QED) is 0.348. The number of aryl methyl sites for hydroxylation is 1. The second-order valence-corrected chi connectivity index (χ2v) is 11.1. The molecule has 37 heavy (non-hydrogen) atoms. The van der Waals surface area contributed by atoms with Crippen LogP contribution in [-0.4, -0.2) is 45.6 Å². The first-order chi connectivity index (χ1) is 17.7. The molecule has 0 unspecified atom stereocenters. The highest BCUT2D eigenvalue weighted by molar-refractivity contribution is 6.07. The number of hydrogen-bond acceptors (Lipinski definition) is 6. The first-order valence-corrected chi connectivity index (χ1v) is 13.2. The van der Waals surface area contributed by atoms with Crippen LogP contribution in [0.25, 0.3) is 32.9 Å². The van der Waals surface area contributed by atoms with E-state index in [4.69, 9.17) is 24.5 Å². The molecular weight excluding hydrogens is 464 g/mol. The third-order valence-electron chi connectivity index (χ3n) is 6.66. The molecule has 3 heterocycles. The van der Waals surface area contributed by atoms with E-state index < -0.39 is 5.60 Å². The molecule has 0 radical (unpaired) electrons. The van der Waals surface area contributed by atoms with Crippen molar-refractivity contribution < 1.29 is 19.7 Å². The van der Waals surface area contributed by atoms with E-state index in [0.29, 0.717) is 24.8 Å². The summed E-state index contributed by atoms with van der Waals surface area (Å²) in [6, 6.07) is 12.4. The summed E-state index contributed by atoms with van der Waals surface area (Å²) in [6.07, 6.45) is 5.86. The van der Waals surface area contributed by atoms with Gasteiger partial charge in [0.25, 0.3) is 0 Å². The van der Waals surface area contributed by atoms with Crippen molar-refractivity contribution in [3.63, 3.8) is 0 Å². The number of benzene rings is 2. The molecule has 1 fully saturated rings. The zero-order valence-electron chi connectivity index (χ0n) is 22.2. The van der Waals surface area contributed by atoms with Gasteiger partial charge < -0.3 is 19.7 Å². The SMILES string of the molecule is CC(C)(C)O.Cc1cc2nc(OCC3CC3)ccc2c(-c2ccc3c4c(ccnc24)CCO3)c1CCO. The highest BCUT2D eigenvalue weighted by Crippen LogP contribution is 2.42. The van der Waals surface area contributed by atoms with Crippen molar-refractivity contribution in [1.82, 2.24) is 9.97 Å². The van der Waals surface area contributed by atoms with Crippen molar-refractivity contribution in [3.05, 3.63) is 59.3 Å². The van der Waals surface area contributed by atoms with Crippen molar-refractivity contribution in [2.75, 3.05) is 19.8 Å². The van der Waals surface area contributed by atoms with Gasteiger partial charge in [0, 0.05) is 41.6 Å². The molecular formula is C31H36N2O4. The molecule has 4 aromatic rings. The fraction of sp³-hybridized carbons (Fsp3) is 0.419. The van der Waals surface area contributed by atoms with Crippen LogP contribution in [0.3, 0.4) is 0 Å². The summed E-state index contributed by atoms with van der Waals surface area (Å²) < 4.78 is 11.9. The van der Waals surface area contributed by atoms with Gasteiger partial charge >= 0.3 is 0 Å². The molecule has 0 amide bonds. The van der Waals surface area contributed by atoms with Gasteiger partial charge in [0.1, 0.15) is 5.75 Å². The van der Waals surface area contributed by atoms with Crippen molar-refractivity contribution >= 4 is 21.8 Å². The molecule has 0 saturated heterocycles. The number of rotatable bonds is 6. The maximum absolute atomic E-state index is 9.84. The summed E-state index contributed by atoms with van der Waals surface area (Å²) in [5, 5.41) is 20.5. The van der Waals surface area contributed by atoms with Gasteiger partial charge in [0.2, 0.25) is 5.88 Å². The van der Waals surface area contributed by atoms with Gasteiger partial charge in [-0.05, 0) is 105 Å². The summed E-state index contributed by atoms with van der Waals surface area (Å²) in [6.45, 7) is 8.85. The highest BCUT2D eigenvalue weighted by atomic mass is 16.5. The van der Waals surface area contributed by atoms with Crippen molar-refractivity contribution in [2.24, 2.45) is 5.92 Å². The average Bonchev–Trinajstić information content (AvgIpc) is 3.68. The van der Waals surface area contributed by atoms with Crippen LogP contribution in [0.15, 0.2) is 42.6 Å². The van der Waals surface area contributed by atoms with Crippen LogP contribution in [-0.2, 0) is 12.8 Å². The van der Waals surface area contributed by atoms with Crippen LogP contribution >= 0.6 is 0 Å². The van der Waals surface area contributed by atoms with Crippen LogP contribution in [0.4, 0.5) is 0 Å². The van der Waals surface area contributed by atoms with Crippen molar-refractivity contribution in [1.29, 1.82) is 0 Å². The lowest BCUT2D eigenvalue weighted by molar-refractivity contribution is 0.102. The smallest absolute Gasteiger partial charge is 0.213 e. The highest BCUT2D eigenvalue weighted by Gasteiger charge is 2.23. The van der Waals surface area contributed by atoms with E-state index >= 15 is 0 Å². The van der Waals surface area contributed by atoms with Crippen LogP contribution in [0, 0.1) is 12.8 Å². The zero-order chi connectivity index (χ0) is 26.2. The van der Waals surface area contributed by atoms with E-state index in [1.165, 1.54) is 18.4 Å². The fourth-order valence-electron chi connectivity index (χ4n) is 4.84. The number of pyridine rings is 2. The Balaban J connectivity index is 0.000000514. The van der Waals surface area contributed by atoms with Crippen molar-refractivity contribution in [2.45, 2.75) is 59.0 Å². The van der Waals surface area contributed by atoms with Gasteiger partial charge in [-0.1, -0.05) is 0 Å². The minimum atomic E-state index is -0.500. The van der Waals surface area contributed by atoms with Crippen LogP contribution in [0.2, 0.25) is 0 Å². The van der Waals surface area contributed by atoms with E-state index in [-0.39, 0.29) is 6.61 Å². The topological polar surface area (TPSA) is 84.7 Å². The number of fused-ring (bicyclic) bond motifs is 1. The molecule has 1 saturated carbocycles. The summed E-state index contributed by atoms with van der Waals surface area (Å²) in [4.78, 5) is 9.62. The van der Waals surface area contributed by atoms with Gasteiger partial charge in [-0.2, -0.15) is 0 Å². The molecule has 6 nitrogen and oxygen atoms in total. The van der Waals surface area contributed by atoms with E-state index in [9.17, 15) is 5.11 Å². The van der Waals surface area contributed by atoms with Gasteiger partial charge in [0.05, 0.1) is 29.8 Å². The molecule has 0 spiro atoms. The normalized spacial score (nSPS) is 14.8. The largest absolute Gasteiger partial charge is 0.493 e. The number of aliphatic hydroxyl groups is 2. The molecule has 6 rings (SSSR count). The van der Waals surface area contributed by atoms with E-state index in [0.717, 1.165) is 62.8 Å². The predicted molar refractivity (Wildman–Crippen MR) is 147 cm³/mol. The Morgan fingerprint density at radius 2 is 1.89 bits per heavy atom. The first kappa shape index (κ1) is 25.4. The lowest BCUT2D eigenvalue weighted by Crippen LogP contribution is -2.10.